The summed E-state index contributed by atoms with van der Waals surface area (Å²) in [7, 11) is 0. The van der Waals surface area contributed by atoms with Crippen LogP contribution in [-0.4, -0.2) is 12.5 Å². The van der Waals surface area contributed by atoms with Gasteiger partial charge in [-0.3, -0.25) is 4.79 Å². The molecule has 0 aromatic heterocycles. The molecule has 1 spiro atoms. The molecule has 0 saturated carbocycles. The van der Waals surface area contributed by atoms with Gasteiger partial charge in [0.15, 0.2) is 0 Å². The highest BCUT2D eigenvalue weighted by Crippen LogP contribution is 2.46. The summed E-state index contributed by atoms with van der Waals surface area (Å²) in [5.41, 5.74) is 6.93. The predicted octanol–water partition coefficient (Wildman–Crippen LogP) is 2.16. The van der Waals surface area contributed by atoms with Crippen LogP contribution in [-0.2, 0) is 5.41 Å². The molecule has 1 aliphatic heterocycles. The lowest BCUT2D eigenvalue weighted by atomic mass is 9.73. The van der Waals surface area contributed by atoms with Gasteiger partial charge in [0.05, 0.1) is 5.41 Å². The predicted molar refractivity (Wildman–Crippen MR) is 65.1 cm³/mol. The molecule has 0 radical (unpaired) electrons. The summed E-state index contributed by atoms with van der Waals surface area (Å²) < 4.78 is 5.72. The van der Waals surface area contributed by atoms with Crippen molar-refractivity contribution >= 4 is 5.91 Å². The van der Waals surface area contributed by atoms with Crippen LogP contribution in [0, 0.1) is 0 Å². The lowest BCUT2D eigenvalue weighted by Crippen LogP contribution is -2.30. The molecular formula is C14H15NO2. The summed E-state index contributed by atoms with van der Waals surface area (Å²) in [6.07, 6.45) is 7.64. The van der Waals surface area contributed by atoms with Crippen LogP contribution in [0.25, 0.3) is 0 Å². The van der Waals surface area contributed by atoms with E-state index in [0.717, 1.165) is 30.6 Å². The third-order valence-corrected chi connectivity index (χ3v) is 3.71. The van der Waals surface area contributed by atoms with E-state index in [1.165, 1.54) is 0 Å². The first-order valence-electron chi connectivity index (χ1n) is 5.97. The molecule has 3 nitrogen and oxygen atoms in total. The Hall–Kier alpha value is -1.77. The zero-order valence-corrected chi connectivity index (χ0v) is 9.61. The molecule has 2 aliphatic rings. The van der Waals surface area contributed by atoms with E-state index in [1.807, 2.05) is 12.1 Å². The van der Waals surface area contributed by atoms with E-state index < -0.39 is 0 Å². The van der Waals surface area contributed by atoms with Gasteiger partial charge in [-0.1, -0.05) is 18.2 Å². The van der Waals surface area contributed by atoms with E-state index >= 15 is 0 Å². The fourth-order valence-electron chi connectivity index (χ4n) is 2.91. The van der Waals surface area contributed by atoms with Crippen molar-refractivity contribution in [1.82, 2.24) is 0 Å². The van der Waals surface area contributed by atoms with Crippen molar-refractivity contribution in [2.24, 2.45) is 5.73 Å². The molecule has 1 heterocycles. The van der Waals surface area contributed by atoms with Gasteiger partial charge in [-0.25, -0.2) is 0 Å². The number of carbonyl (C=O) groups excluding carboxylic acids is 1. The van der Waals surface area contributed by atoms with Gasteiger partial charge in [-0.2, -0.15) is 0 Å². The Morgan fingerprint density at radius 2 is 2.29 bits per heavy atom. The molecule has 1 amide bonds. The van der Waals surface area contributed by atoms with E-state index in [-0.39, 0.29) is 11.3 Å². The van der Waals surface area contributed by atoms with E-state index in [0.29, 0.717) is 12.2 Å². The third-order valence-electron chi connectivity index (χ3n) is 3.71. The standard InChI is InChI=1S/C14H15NO2/c15-13(16)10-5-4-6-11-12(10)14(9-17-11)7-2-1-3-8-14/h2,4-7H,1,3,8-9H2,(H2,15,16). The molecule has 17 heavy (non-hydrogen) atoms. The van der Waals surface area contributed by atoms with Gasteiger partial charge < -0.3 is 10.5 Å². The summed E-state index contributed by atoms with van der Waals surface area (Å²) in [6.45, 7) is 0.628. The van der Waals surface area contributed by atoms with Crippen molar-refractivity contribution in [3.05, 3.63) is 41.5 Å². The number of fused-ring (bicyclic) bond motifs is 2. The van der Waals surface area contributed by atoms with Crippen molar-refractivity contribution in [2.45, 2.75) is 24.7 Å². The highest BCUT2D eigenvalue weighted by Gasteiger charge is 2.41. The lowest BCUT2D eigenvalue weighted by molar-refractivity contribution is 0.0998. The molecule has 88 valence electrons. The maximum absolute atomic E-state index is 11.5. The highest BCUT2D eigenvalue weighted by atomic mass is 16.5. The van der Waals surface area contributed by atoms with Crippen LogP contribution in [0.1, 0.15) is 35.2 Å². The molecule has 3 heteroatoms. The van der Waals surface area contributed by atoms with Crippen molar-refractivity contribution in [2.75, 3.05) is 6.61 Å². The number of allylic oxidation sites excluding steroid dienone is 1. The first-order valence-corrected chi connectivity index (χ1v) is 5.97. The van der Waals surface area contributed by atoms with E-state index in [2.05, 4.69) is 12.2 Å². The minimum absolute atomic E-state index is 0.126. The molecule has 1 aromatic carbocycles. The van der Waals surface area contributed by atoms with Crippen molar-refractivity contribution in [3.63, 3.8) is 0 Å². The largest absolute Gasteiger partial charge is 0.492 e. The number of amides is 1. The van der Waals surface area contributed by atoms with Gasteiger partial charge in [-0.15, -0.1) is 0 Å². The average Bonchev–Trinajstić information content (AvgIpc) is 2.70. The van der Waals surface area contributed by atoms with Gasteiger partial charge in [0.2, 0.25) is 5.91 Å². The SMILES string of the molecule is NC(=O)c1cccc2c1C1(C=CCCC1)CO2. The van der Waals surface area contributed by atoms with Crippen LogP contribution in [0.5, 0.6) is 5.75 Å². The Kier molecular flexibility index (Phi) is 2.21. The fourth-order valence-corrected chi connectivity index (χ4v) is 2.91. The van der Waals surface area contributed by atoms with Crippen molar-refractivity contribution < 1.29 is 9.53 Å². The topological polar surface area (TPSA) is 52.3 Å². The molecule has 1 aromatic rings. The number of carbonyl (C=O) groups is 1. The Morgan fingerprint density at radius 3 is 3.00 bits per heavy atom. The van der Waals surface area contributed by atoms with Crippen LogP contribution >= 0.6 is 0 Å². The van der Waals surface area contributed by atoms with E-state index in [1.54, 1.807) is 6.07 Å². The quantitative estimate of drug-likeness (QED) is 0.750. The minimum atomic E-state index is -0.370. The van der Waals surface area contributed by atoms with Crippen LogP contribution in [0.4, 0.5) is 0 Å². The molecule has 3 rings (SSSR count). The Morgan fingerprint density at radius 1 is 1.41 bits per heavy atom. The van der Waals surface area contributed by atoms with Gasteiger partial charge in [0.1, 0.15) is 12.4 Å². The van der Waals surface area contributed by atoms with Gasteiger partial charge >= 0.3 is 0 Å². The van der Waals surface area contributed by atoms with Crippen molar-refractivity contribution in [3.8, 4) is 5.75 Å². The Labute approximate surface area is 100 Å². The second kappa shape index (κ2) is 3.62. The summed E-state index contributed by atoms with van der Waals surface area (Å²) in [4.78, 5) is 11.5. The monoisotopic (exact) mass is 229 g/mol. The minimum Gasteiger partial charge on any atom is -0.492 e. The first-order chi connectivity index (χ1) is 8.23. The number of rotatable bonds is 1. The number of nitrogens with two attached hydrogens (primary N) is 1. The number of hydrogen-bond acceptors (Lipinski definition) is 2. The number of hydrogen-bond donors (Lipinski definition) is 1. The van der Waals surface area contributed by atoms with Gasteiger partial charge in [0, 0.05) is 11.1 Å². The molecule has 1 unspecified atom stereocenters. The van der Waals surface area contributed by atoms with Crippen molar-refractivity contribution in [1.29, 1.82) is 0 Å². The summed E-state index contributed by atoms with van der Waals surface area (Å²) in [6, 6.07) is 5.53. The Bertz CT molecular complexity index is 507. The fraction of sp³-hybridized carbons (Fsp3) is 0.357. The van der Waals surface area contributed by atoms with Crippen LogP contribution in [0.3, 0.4) is 0 Å². The third kappa shape index (κ3) is 1.46. The number of ether oxygens (including phenoxy) is 1. The number of benzene rings is 1. The van der Waals surface area contributed by atoms with Crippen LogP contribution in [0.2, 0.25) is 0 Å². The summed E-state index contributed by atoms with van der Waals surface area (Å²) in [5, 5.41) is 0. The van der Waals surface area contributed by atoms with E-state index in [4.69, 9.17) is 10.5 Å². The normalized spacial score (nSPS) is 25.6. The Balaban J connectivity index is 2.20. The zero-order valence-electron chi connectivity index (χ0n) is 9.61. The van der Waals surface area contributed by atoms with Crippen LogP contribution < -0.4 is 10.5 Å². The van der Waals surface area contributed by atoms with Gasteiger partial charge in [-0.05, 0) is 31.4 Å². The van der Waals surface area contributed by atoms with E-state index in [9.17, 15) is 4.79 Å². The lowest BCUT2D eigenvalue weighted by Gasteiger charge is -2.28. The number of primary amides is 1. The summed E-state index contributed by atoms with van der Waals surface area (Å²) in [5.74, 6) is 0.443. The molecule has 1 aliphatic carbocycles. The highest BCUT2D eigenvalue weighted by molar-refractivity contribution is 5.96. The molecule has 0 saturated heterocycles. The molecule has 1 atom stereocenters. The average molecular weight is 229 g/mol. The zero-order chi connectivity index (χ0) is 11.9. The molecular weight excluding hydrogens is 214 g/mol. The second-order valence-electron chi connectivity index (χ2n) is 4.78. The maximum Gasteiger partial charge on any atom is 0.249 e. The first kappa shape index (κ1) is 10.4. The summed E-state index contributed by atoms with van der Waals surface area (Å²) >= 11 is 0. The smallest absolute Gasteiger partial charge is 0.249 e. The molecule has 0 bridgehead atoms. The molecule has 2 N–H and O–H groups in total. The molecule has 0 fully saturated rings. The van der Waals surface area contributed by atoms with Gasteiger partial charge in [0.25, 0.3) is 0 Å². The second-order valence-corrected chi connectivity index (χ2v) is 4.78. The maximum atomic E-state index is 11.5. The van der Waals surface area contributed by atoms with Crippen LogP contribution in [0.15, 0.2) is 30.4 Å².